The number of benzene rings is 2. The zero-order chi connectivity index (χ0) is 18.4. The maximum atomic E-state index is 13.6. The highest BCUT2D eigenvalue weighted by Gasteiger charge is 2.24. The highest BCUT2D eigenvalue weighted by Crippen LogP contribution is 2.12. The van der Waals surface area contributed by atoms with Gasteiger partial charge >= 0.3 is 11.9 Å². The van der Waals surface area contributed by atoms with Crippen molar-refractivity contribution in [2.45, 2.75) is 24.9 Å². The van der Waals surface area contributed by atoms with Crippen LogP contribution in [-0.4, -0.2) is 24.0 Å². The van der Waals surface area contributed by atoms with Crippen LogP contribution in [-0.2, 0) is 27.2 Å². The Kier molecular flexibility index (Phi) is 6.64. The Bertz CT molecular complexity index is 752. The second-order valence-electron chi connectivity index (χ2n) is 5.58. The maximum Gasteiger partial charge on any atom is 0.330 e. The van der Waals surface area contributed by atoms with E-state index in [-0.39, 0.29) is 18.4 Å². The van der Waals surface area contributed by atoms with Crippen LogP contribution in [0, 0.1) is 5.82 Å². The SMILES string of the molecule is N[C@@H](Cc1ccc(Cl)cc1)C(=O)OC(=O)[C@@H](N)Cc1ccccc1F. The summed E-state index contributed by atoms with van der Waals surface area (Å²) in [5.41, 5.74) is 12.5. The minimum atomic E-state index is -1.16. The molecule has 2 aromatic rings. The number of carbonyl (C=O) groups excluding carboxylic acids is 2. The standard InChI is InChI=1S/C18H18ClFN2O3/c19-13-7-5-11(6-8-13)9-15(21)17(23)25-18(24)16(22)10-12-3-1-2-4-14(12)20/h1-8,15-16H,9-10,21-22H2/t15-,16-/m0/s1. The molecular weight excluding hydrogens is 347 g/mol. The van der Waals surface area contributed by atoms with Crippen molar-refractivity contribution in [2.75, 3.05) is 0 Å². The first-order valence-electron chi connectivity index (χ1n) is 7.61. The Morgan fingerprint density at radius 2 is 1.52 bits per heavy atom. The number of hydrogen-bond donors (Lipinski definition) is 2. The Labute approximate surface area is 149 Å². The molecule has 0 aromatic heterocycles. The zero-order valence-electron chi connectivity index (χ0n) is 13.3. The van der Waals surface area contributed by atoms with Crippen LogP contribution in [0.3, 0.4) is 0 Å². The second kappa shape index (κ2) is 8.71. The lowest BCUT2D eigenvalue weighted by atomic mass is 10.1. The molecule has 0 spiro atoms. The van der Waals surface area contributed by atoms with E-state index in [0.717, 1.165) is 5.56 Å². The highest BCUT2D eigenvalue weighted by molar-refractivity contribution is 6.30. The Morgan fingerprint density at radius 3 is 2.12 bits per heavy atom. The number of nitrogens with two attached hydrogens (primary N) is 2. The summed E-state index contributed by atoms with van der Waals surface area (Å²) in [5, 5.41) is 0.564. The second-order valence-corrected chi connectivity index (χ2v) is 6.02. The van der Waals surface area contributed by atoms with Crippen LogP contribution in [0.4, 0.5) is 4.39 Å². The third-order valence-electron chi connectivity index (χ3n) is 3.57. The summed E-state index contributed by atoms with van der Waals surface area (Å²) in [7, 11) is 0. The predicted octanol–water partition coefficient (Wildman–Crippen LogP) is 1.99. The van der Waals surface area contributed by atoms with E-state index in [4.69, 9.17) is 27.8 Å². The summed E-state index contributed by atoms with van der Waals surface area (Å²) < 4.78 is 18.3. The highest BCUT2D eigenvalue weighted by atomic mass is 35.5. The molecule has 0 amide bonds. The van der Waals surface area contributed by atoms with Crippen molar-refractivity contribution < 1.29 is 18.7 Å². The molecule has 0 saturated heterocycles. The number of hydrogen-bond acceptors (Lipinski definition) is 5. The summed E-state index contributed by atoms with van der Waals surface area (Å²) in [5.74, 6) is -2.31. The van der Waals surface area contributed by atoms with Gasteiger partial charge < -0.3 is 16.2 Å². The molecule has 5 nitrogen and oxygen atoms in total. The predicted molar refractivity (Wildman–Crippen MR) is 92.3 cm³/mol. The molecule has 2 aromatic carbocycles. The van der Waals surface area contributed by atoms with Gasteiger partial charge in [-0.3, -0.25) is 0 Å². The van der Waals surface area contributed by atoms with Gasteiger partial charge in [0.25, 0.3) is 0 Å². The van der Waals surface area contributed by atoms with E-state index in [0.29, 0.717) is 5.02 Å². The Morgan fingerprint density at radius 1 is 0.960 bits per heavy atom. The summed E-state index contributed by atoms with van der Waals surface area (Å²) >= 11 is 5.78. The molecule has 0 aliphatic heterocycles. The first-order valence-corrected chi connectivity index (χ1v) is 7.99. The lowest BCUT2D eigenvalue weighted by Crippen LogP contribution is -2.41. The van der Waals surface area contributed by atoms with Gasteiger partial charge in [-0.15, -0.1) is 0 Å². The number of ether oxygens (including phenoxy) is 1. The summed E-state index contributed by atoms with van der Waals surface area (Å²) in [6, 6.07) is 10.5. The summed E-state index contributed by atoms with van der Waals surface area (Å²) in [4.78, 5) is 23.8. The van der Waals surface area contributed by atoms with Gasteiger partial charge in [0.1, 0.15) is 17.9 Å². The molecule has 2 rings (SSSR count). The number of esters is 2. The maximum absolute atomic E-state index is 13.6. The smallest absolute Gasteiger partial charge is 0.330 e. The molecule has 0 heterocycles. The zero-order valence-corrected chi connectivity index (χ0v) is 14.1. The van der Waals surface area contributed by atoms with Gasteiger partial charge in [-0.25, -0.2) is 14.0 Å². The van der Waals surface area contributed by atoms with E-state index < -0.39 is 29.8 Å². The molecular formula is C18H18ClFN2O3. The van der Waals surface area contributed by atoms with Crippen molar-refractivity contribution in [3.05, 3.63) is 70.5 Å². The number of halogens is 2. The molecule has 0 aliphatic carbocycles. The minimum Gasteiger partial charge on any atom is -0.391 e. The van der Waals surface area contributed by atoms with Crippen molar-refractivity contribution in [3.8, 4) is 0 Å². The van der Waals surface area contributed by atoms with Crippen LogP contribution < -0.4 is 11.5 Å². The molecule has 0 aliphatic rings. The van der Waals surface area contributed by atoms with E-state index in [9.17, 15) is 14.0 Å². The topological polar surface area (TPSA) is 95.4 Å². The molecule has 0 unspecified atom stereocenters. The van der Waals surface area contributed by atoms with Gasteiger partial charge in [-0.05, 0) is 35.7 Å². The average molecular weight is 365 g/mol. The van der Waals surface area contributed by atoms with Crippen LogP contribution in [0.25, 0.3) is 0 Å². The molecule has 0 saturated carbocycles. The molecule has 132 valence electrons. The normalized spacial score (nSPS) is 13.1. The molecule has 0 bridgehead atoms. The molecule has 25 heavy (non-hydrogen) atoms. The summed E-state index contributed by atoms with van der Waals surface area (Å²) in [6.45, 7) is 0. The van der Waals surface area contributed by atoms with Crippen molar-refractivity contribution >= 4 is 23.5 Å². The average Bonchev–Trinajstić information content (AvgIpc) is 2.58. The van der Waals surface area contributed by atoms with Gasteiger partial charge in [0, 0.05) is 11.4 Å². The lowest BCUT2D eigenvalue weighted by molar-refractivity contribution is -0.161. The van der Waals surface area contributed by atoms with Crippen LogP contribution >= 0.6 is 11.6 Å². The Hall–Kier alpha value is -2.28. The van der Waals surface area contributed by atoms with Crippen LogP contribution in [0.2, 0.25) is 5.02 Å². The van der Waals surface area contributed by atoms with E-state index >= 15 is 0 Å². The fraction of sp³-hybridized carbons (Fsp3) is 0.222. The summed E-state index contributed by atoms with van der Waals surface area (Å²) in [6.07, 6.45) is 0.108. The van der Waals surface area contributed by atoms with Crippen LogP contribution in [0.1, 0.15) is 11.1 Å². The monoisotopic (exact) mass is 364 g/mol. The molecule has 0 radical (unpaired) electrons. The lowest BCUT2D eigenvalue weighted by Gasteiger charge is -2.14. The molecule has 2 atom stereocenters. The largest absolute Gasteiger partial charge is 0.391 e. The number of carbonyl (C=O) groups is 2. The fourth-order valence-corrected chi connectivity index (χ4v) is 2.32. The van der Waals surface area contributed by atoms with Gasteiger partial charge in [0.15, 0.2) is 0 Å². The number of rotatable bonds is 6. The quantitative estimate of drug-likeness (QED) is 0.603. The van der Waals surface area contributed by atoms with E-state index in [1.807, 2.05) is 0 Å². The van der Waals surface area contributed by atoms with E-state index in [1.54, 1.807) is 30.3 Å². The third-order valence-corrected chi connectivity index (χ3v) is 3.83. The minimum absolute atomic E-state index is 0.0782. The molecule has 0 fully saturated rings. The Balaban J connectivity index is 1.89. The fourth-order valence-electron chi connectivity index (χ4n) is 2.19. The van der Waals surface area contributed by atoms with Crippen molar-refractivity contribution in [2.24, 2.45) is 11.5 Å². The van der Waals surface area contributed by atoms with Crippen LogP contribution in [0.5, 0.6) is 0 Å². The van der Waals surface area contributed by atoms with E-state index in [1.165, 1.54) is 18.2 Å². The first kappa shape index (κ1) is 19.1. The molecule has 4 N–H and O–H groups in total. The van der Waals surface area contributed by atoms with Crippen molar-refractivity contribution in [3.63, 3.8) is 0 Å². The van der Waals surface area contributed by atoms with Gasteiger partial charge in [0.05, 0.1) is 0 Å². The first-order chi connectivity index (χ1) is 11.9. The van der Waals surface area contributed by atoms with Crippen molar-refractivity contribution in [1.29, 1.82) is 0 Å². The molecule has 7 heteroatoms. The van der Waals surface area contributed by atoms with Crippen molar-refractivity contribution in [1.82, 2.24) is 0 Å². The third kappa shape index (κ3) is 5.63. The van der Waals surface area contributed by atoms with Gasteiger partial charge in [-0.1, -0.05) is 41.9 Å². The van der Waals surface area contributed by atoms with Gasteiger partial charge in [0.2, 0.25) is 0 Å². The van der Waals surface area contributed by atoms with Crippen LogP contribution in [0.15, 0.2) is 48.5 Å². The van der Waals surface area contributed by atoms with Gasteiger partial charge in [-0.2, -0.15) is 0 Å². The van der Waals surface area contributed by atoms with E-state index in [2.05, 4.69) is 0 Å².